The van der Waals surface area contributed by atoms with Gasteiger partial charge in [-0.15, -0.1) is 11.3 Å². The molecule has 5 nitrogen and oxygen atoms in total. The van der Waals surface area contributed by atoms with E-state index < -0.39 is 10.0 Å². The van der Waals surface area contributed by atoms with Gasteiger partial charge in [0.25, 0.3) is 10.0 Å². The number of carbonyl (C=O) groups excluding carboxylic acids is 1. The summed E-state index contributed by atoms with van der Waals surface area (Å²) in [4.78, 5) is 12.1. The summed E-state index contributed by atoms with van der Waals surface area (Å²) < 4.78 is 25.9. The van der Waals surface area contributed by atoms with Crippen LogP contribution >= 0.6 is 11.3 Å². The van der Waals surface area contributed by atoms with Gasteiger partial charge in [-0.1, -0.05) is 39.0 Å². The number of rotatable bonds is 5. The maximum Gasteiger partial charge on any atom is 0.252 e. The average molecular weight is 367 g/mol. The van der Waals surface area contributed by atoms with Crippen LogP contribution in [-0.4, -0.2) is 32.2 Å². The van der Waals surface area contributed by atoms with Crippen LogP contribution in [0.4, 0.5) is 5.69 Å². The Balaban J connectivity index is 2.01. The van der Waals surface area contributed by atoms with Gasteiger partial charge in [-0.25, -0.2) is 8.42 Å². The Morgan fingerprint density at radius 1 is 1.17 bits per heavy atom. The lowest BCUT2D eigenvalue weighted by molar-refractivity contribution is -0.116. The van der Waals surface area contributed by atoms with Gasteiger partial charge in [-0.3, -0.25) is 4.79 Å². The molecule has 1 amide bonds. The summed E-state index contributed by atoms with van der Waals surface area (Å²) in [5, 5.41) is 4.42. The van der Waals surface area contributed by atoms with Crippen LogP contribution < -0.4 is 5.32 Å². The van der Waals surface area contributed by atoms with Gasteiger partial charge in [-0.05, 0) is 34.6 Å². The first-order chi connectivity index (χ1) is 11.1. The lowest BCUT2D eigenvalue weighted by atomic mass is 9.87. The molecule has 2 rings (SSSR count). The summed E-state index contributed by atoms with van der Waals surface area (Å²) in [5.41, 5.74) is 1.85. The van der Waals surface area contributed by atoms with E-state index in [1.807, 2.05) is 24.3 Å². The van der Waals surface area contributed by atoms with Crippen molar-refractivity contribution in [3.63, 3.8) is 0 Å². The topological polar surface area (TPSA) is 66.5 Å². The molecule has 0 saturated heterocycles. The second-order valence-electron chi connectivity index (χ2n) is 6.57. The highest BCUT2D eigenvalue weighted by molar-refractivity contribution is 7.91. The van der Waals surface area contributed by atoms with E-state index in [0.717, 1.165) is 21.2 Å². The van der Waals surface area contributed by atoms with Crippen LogP contribution in [0, 0.1) is 0 Å². The van der Waals surface area contributed by atoms with Crippen LogP contribution in [0.25, 0.3) is 0 Å². The van der Waals surface area contributed by atoms with E-state index in [9.17, 15) is 13.2 Å². The van der Waals surface area contributed by atoms with Crippen LogP contribution in [0.1, 0.15) is 26.3 Å². The zero-order valence-corrected chi connectivity index (χ0v) is 15.9. The van der Waals surface area contributed by atoms with Crippen LogP contribution in [0.5, 0.6) is 0 Å². The van der Waals surface area contributed by atoms with E-state index in [2.05, 4.69) is 26.1 Å². The minimum Gasteiger partial charge on any atom is -0.325 e. The van der Waals surface area contributed by atoms with Crippen molar-refractivity contribution in [2.24, 2.45) is 0 Å². The molecule has 0 aliphatic heterocycles. The van der Waals surface area contributed by atoms with E-state index >= 15 is 0 Å². The number of thiophene rings is 1. The molecule has 1 aromatic heterocycles. The Bertz CT molecular complexity index is 789. The number of nitrogens with one attached hydrogen (secondary N) is 1. The maximum atomic E-state index is 12.3. The number of hydrogen-bond donors (Lipinski definition) is 1. The maximum absolute atomic E-state index is 12.3. The third-order valence-corrected chi connectivity index (χ3v) is 6.74. The molecule has 1 heterocycles. The first-order valence-corrected chi connectivity index (χ1v) is 9.83. The quantitative estimate of drug-likeness (QED) is 0.883. The van der Waals surface area contributed by atoms with E-state index in [1.54, 1.807) is 11.4 Å². The predicted molar refractivity (Wildman–Crippen MR) is 97.9 cm³/mol. The second-order valence-corrected chi connectivity index (χ2v) is 9.79. The minimum absolute atomic E-state index is 0.0392. The molecule has 130 valence electrons. The Labute approximate surface area is 147 Å². The first kappa shape index (κ1) is 18.6. The highest BCUT2D eigenvalue weighted by Gasteiger charge is 2.23. The zero-order chi connectivity index (χ0) is 18.0. The molecular formula is C17H22N2O3S2. The van der Waals surface area contributed by atoms with E-state index in [0.29, 0.717) is 5.69 Å². The Morgan fingerprint density at radius 2 is 1.79 bits per heavy atom. The fourth-order valence-corrected chi connectivity index (χ4v) is 4.43. The second kappa shape index (κ2) is 7.04. The number of nitrogens with zero attached hydrogens (tertiary/aromatic N) is 1. The van der Waals surface area contributed by atoms with Gasteiger partial charge >= 0.3 is 0 Å². The molecule has 0 radical (unpaired) electrons. The van der Waals surface area contributed by atoms with Gasteiger partial charge in [0.1, 0.15) is 4.21 Å². The fourth-order valence-electron chi connectivity index (χ4n) is 2.11. The summed E-state index contributed by atoms with van der Waals surface area (Å²) in [5.74, 6) is -0.374. The monoisotopic (exact) mass is 366 g/mol. The summed E-state index contributed by atoms with van der Waals surface area (Å²) in [6.45, 7) is 6.11. The number of sulfonamides is 1. The van der Waals surface area contributed by atoms with Crippen molar-refractivity contribution >= 4 is 33.0 Å². The van der Waals surface area contributed by atoms with Gasteiger partial charge in [-0.2, -0.15) is 4.31 Å². The van der Waals surface area contributed by atoms with Crippen LogP contribution in [-0.2, 0) is 20.2 Å². The SMILES string of the molecule is CN(CC(=O)Nc1ccc(C(C)(C)C)cc1)S(=O)(=O)c1cccs1. The van der Waals surface area contributed by atoms with Gasteiger partial charge in [0.05, 0.1) is 6.54 Å². The van der Waals surface area contributed by atoms with E-state index in [-0.39, 0.29) is 22.1 Å². The van der Waals surface area contributed by atoms with Crippen molar-refractivity contribution in [1.82, 2.24) is 4.31 Å². The smallest absolute Gasteiger partial charge is 0.252 e. The molecule has 2 aromatic rings. The molecule has 1 aromatic carbocycles. The van der Waals surface area contributed by atoms with Crippen molar-refractivity contribution in [2.45, 2.75) is 30.4 Å². The normalized spacial score (nSPS) is 12.4. The number of amides is 1. The highest BCUT2D eigenvalue weighted by atomic mass is 32.2. The van der Waals surface area contributed by atoms with Gasteiger partial charge in [0.15, 0.2) is 0 Å². The number of hydrogen-bond acceptors (Lipinski definition) is 4. The van der Waals surface area contributed by atoms with Crippen molar-refractivity contribution in [3.8, 4) is 0 Å². The molecule has 0 spiro atoms. The molecule has 0 saturated carbocycles. The van der Waals surface area contributed by atoms with Crippen LogP contribution in [0.3, 0.4) is 0 Å². The third-order valence-electron chi connectivity index (χ3n) is 3.56. The van der Waals surface area contributed by atoms with E-state index in [4.69, 9.17) is 0 Å². The van der Waals surface area contributed by atoms with Gasteiger partial charge < -0.3 is 5.32 Å². The summed E-state index contributed by atoms with van der Waals surface area (Å²) in [6, 6.07) is 10.8. The third kappa shape index (κ3) is 4.43. The first-order valence-electron chi connectivity index (χ1n) is 7.51. The Hall–Kier alpha value is -1.70. The van der Waals surface area contributed by atoms with Crippen molar-refractivity contribution in [2.75, 3.05) is 18.9 Å². The molecular weight excluding hydrogens is 344 g/mol. The lowest BCUT2D eigenvalue weighted by Crippen LogP contribution is -2.34. The minimum atomic E-state index is -3.62. The molecule has 0 bridgehead atoms. The van der Waals surface area contributed by atoms with E-state index in [1.165, 1.54) is 13.1 Å². The summed E-state index contributed by atoms with van der Waals surface area (Å²) in [6.07, 6.45) is 0. The van der Waals surface area contributed by atoms with Crippen molar-refractivity contribution < 1.29 is 13.2 Å². The van der Waals surface area contributed by atoms with Crippen LogP contribution in [0.15, 0.2) is 46.0 Å². The fraction of sp³-hybridized carbons (Fsp3) is 0.353. The Kier molecular flexibility index (Phi) is 5.47. The van der Waals surface area contributed by atoms with Crippen molar-refractivity contribution in [1.29, 1.82) is 0 Å². The van der Waals surface area contributed by atoms with Gasteiger partial charge in [0, 0.05) is 12.7 Å². The Morgan fingerprint density at radius 3 is 2.29 bits per heavy atom. The number of anilines is 1. The molecule has 7 heteroatoms. The molecule has 0 fully saturated rings. The molecule has 24 heavy (non-hydrogen) atoms. The standard InChI is InChI=1S/C17H22N2O3S2/c1-17(2,3)13-7-9-14(10-8-13)18-15(20)12-19(4)24(21,22)16-6-5-11-23-16/h5-11H,12H2,1-4H3,(H,18,20). The van der Waals surface area contributed by atoms with Crippen molar-refractivity contribution in [3.05, 3.63) is 47.3 Å². The molecule has 0 unspecified atom stereocenters. The number of benzene rings is 1. The van der Waals surface area contributed by atoms with Gasteiger partial charge in [0.2, 0.25) is 5.91 Å². The largest absolute Gasteiger partial charge is 0.325 e. The number of likely N-dealkylation sites (N-methyl/N-ethyl adjacent to an activating group) is 1. The molecule has 0 atom stereocenters. The highest BCUT2D eigenvalue weighted by Crippen LogP contribution is 2.23. The summed E-state index contributed by atoms with van der Waals surface area (Å²) >= 11 is 1.13. The molecule has 1 N–H and O–H groups in total. The number of carbonyl (C=O) groups is 1. The van der Waals surface area contributed by atoms with Crippen LogP contribution in [0.2, 0.25) is 0 Å². The average Bonchev–Trinajstić information content (AvgIpc) is 3.01. The molecule has 0 aliphatic carbocycles. The zero-order valence-electron chi connectivity index (χ0n) is 14.2. The molecule has 0 aliphatic rings. The lowest BCUT2D eigenvalue weighted by Gasteiger charge is -2.19. The summed E-state index contributed by atoms with van der Waals surface area (Å²) in [7, 11) is -2.22. The predicted octanol–water partition coefficient (Wildman–Crippen LogP) is 3.30.